The summed E-state index contributed by atoms with van der Waals surface area (Å²) in [4.78, 5) is 6.78. The number of para-hydroxylation sites is 1. The van der Waals surface area contributed by atoms with Gasteiger partial charge < -0.3 is 14.8 Å². The lowest BCUT2D eigenvalue weighted by Gasteiger charge is -2.20. The van der Waals surface area contributed by atoms with E-state index in [2.05, 4.69) is 52.8 Å². The molecule has 0 atom stereocenters. The van der Waals surface area contributed by atoms with Gasteiger partial charge in [-0.25, -0.2) is 4.98 Å². The molecule has 0 fully saturated rings. The summed E-state index contributed by atoms with van der Waals surface area (Å²) < 4.78 is 2.18. The van der Waals surface area contributed by atoms with Crippen molar-refractivity contribution in [2.75, 3.05) is 18.9 Å². The zero-order valence-corrected chi connectivity index (χ0v) is 13.3. The molecule has 0 unspecified atom stereocenters. The minimum atomic E-state index is 0.619. The van der Waals surface area contributed by atoms with Crippen molar-refractivity contribution in [2.24, 2.45) is 0 Å². The molecule has 0 aliphatic rings. The molecule has 0 saturated heterocycles. The standard InChI is InChI=1S/C17H26N4/c1-15(2)20(3)12-7-8-13-21-14-11-18-17(21)19-16-9-5-4-6-10-16/h4-6,9-11,14-15H,7-8,12-13H2,1-3H3,(H,18,19). The Balaban J connectivity index is 1.81. The molecule has 0 aliphatic carbocycles. The second-order valence-corrected chi connectivity index (χ2v) is 5.72. The van der Waals surface area contributed by atoms with E-state index in [4.69, 9.17) is 0 Å². The fourth-order valence-corrected chi connectivity index (χ4v) is 2.17. The van der Waals surface area contributed by atoms with Crippen LogP contribution in [0.4, 0.5) is 11.6 Å². The molecule has 0 amide bonds. The van der Waals surface area contributed by atoms with E-state index in [0.29, 0.717) is 6.04 Å². The summed E-state index contributed by atoms with van der Waals surface area (Å²) in [5.41, 5.74) is 1.07. The molecular formula is C17H26N4. The van der Waals surface area contributed by atoms with Crippen LogP contribution in [0.2, 0.25) is 0 Å². The largest absolute Gasteiger partial charge is 0.326 e. The molecule has 21 heavy (non-hydrogen) atoms. The minimum absolute atomic E-state index is 0.619. The molecule has 0 bridgehead atoms. The van der Waals surface area contributed by atoms with Gasteiger partial charge in [-0.05, 0) is 52.4 Å². The zero-order chi connectivity index (χ0) is 15.1. The SMILES string of the molecule is CC(C)N(C)CCCCn1ccnc1Nc1ccccc1. The van der Waals surface area contributed by atoms with E-state index in [1.807, 2.05) is 30.6 Å². The lowest BCUT2D eigenvalue weighted by atomic mass is 10.2. The molecular weight excluding hydrogens is 260 g/mol. The molecule has 2 rings (SSSR count). The second-order valence-electron chi connectivity index (χ2n) is 5.72. The number of imidazole rings is 1. The van der Waals surface area contributed by atoms with Gasteiger partial charge in [-0.2, -0.15) is 0 Å². The van der Waals surface area contributed by atoms with Crippen LogP contribution >= 0.6 is 0 Å². The number of aromatic nitrogens is 2. The Bertz CT molecular complexity index is 519. The van der Waals surface area contributed by atoms with Crippen LogP contribution in [0.5, 0.6) is 0 Å². The topological polar surface area (TPSA) is 33.1 Å². The number of rotatable bonds is 8. The van der Waals surface area contributed by atoms with Crippen molar-refractivity contribution in [2.45, 2.75) is 39.3 Å². The maximum Gasteiger partial charge on any atom is 0.207 e. The average Bonchev–Trinajstić information content (AvgIpc) is 2.91. The third kappa shape index (κ3) is 4.90. The van der Waals surface area contributed by atoms with Gasteiger partial charge in [-0.3, -0.25) is 0 Å². The van der Waals surface area contributed by atoms with Crippen LogP contribution in [0.25, 0.3) is 0 Å². The number of anilines is 2. The van der Waals surface area contributed by atoms with E-state index in [1.54, 1.807) is 0 Å². The second kappa shape index (κ2) is 7.84. The maximum atomic E-state index is 4.39. The monoisotopic (exact) mass is 286 g/mol. The lowest BCUT2D eigenvalue weighted by Crippen LogP contribution is -2.27. The van der Waals surface area contributed by atoms with Crippen LogP contribution in [0.15, 0.2) is 42.7 Å². The van der Waals surface area contributed by atoms with Gasteiger partial charge in [0, 0.05) is 30.7 Å². The highest BCUT2D eigenvalue weighted by Crippen LogP contribution is 2.14. The molecule has 0 radical (unpaired) electrons. The van der Waals surface area contributed by atoms with Gasteiger partial charge in [0.05, 0.1) is 0 Å². The van der Waals surface area contributed by atoms with E-state index in [0.717, 1.165) is 31.1 Å². The Morgan fingerprint density at radius 2 is 1.95 bits per heavy atom. The van der Waals surface area contributed by atoms with E-state index in [9.17, 15) is 0 Å². The zero-order valence-electron chi connectivity index (χ0n) is 13.3. The summed E-state index contributed by atoms with van der Waals surface area (Å²) in [5.74, 6) is 0.915. The van der Waals surface area contributed by atoms with Gasteiger partial charge in [0.15, 0.2) is 0 Å². The molecule has 0 saturated carbocycles. The van der Waals surface area contributed by atoms with Crippen molar-refractivity contribution in [3.8, 4) is 0 Å². The summed E-state index contributed by atoms with van der Waals surface area (Å²) in [5, 5.41) is 3.36. The molecule has 1 heterocycles. The smallest absolute Gasteiger partial charge is 0.207 e. The normalized spacial score (nSPS) is 11.3. The Hall–Kier alpha value is -1.81. The first-order chi connectivity index (χ1) is 10.2. The quantitative estimate of drug-likeness (QED) is 0.750. The predicted octanol–water partition coefficient (Wildman–Crippen LogP) is 3.75. The van der Waals surface area contributed by atoms with Crippen molar-refractivity contribution in [1.82, 2.24) is 14.5 Å². The van der Waals surface area contributed by atoms with E-state index >= 15 is 0 Å². The van der Waals surface area contributed by atoms with Gasteiger partial charge in [0.2, 0.25) is 5.95 Å². The number of aryl methyl sites for hydroxylation is 1. The van der Waals surface area contributed by atoms with Gasteiger partial charge >= 0.3 is 0 Å². The average molecular weight is 286 g/mol. The highest BCUT2D eigenvalue weighted by Gasteiger charge is 2.05. The van der Waals surface area contributed by atoms with Crippen LogP contribution in [0.3, 0.4) is 0 Å². The first kappa shape index (κ1) is 15.6. The number of nitrogens with zero attached hydrogens (tertiary/aromatic N) is 3. The Labute approximate surface area is 127 Å². The lowest BCUT2D eigenvalue weighted by molar-refractivity contribution is 0.266. The molecule has 114 valence electrons. The van der Waals surface area contributed by atoms with Crippen LogP contribution in [-0.2, 0) is 6.54 Å². The van der Waals surface area contributed by atoms with Gasteiger partial charge in [-0.15, -0.1) is 0 Å². The third-order valence-corrected chi connectivity index (χ3v) is 3.79. The molecule has 0 aliphatic heterocycles. The summed E-state index contributed by atoms with van der Waals surface area (Å²) in [6, 6.07) is 10.8. The predicted molar refractivity (Wildman–Crippen MR) is 89.0 cm³/mol. The summed E-state index contributed by atoms with van der Waals surface area (Å²) in [6.07, 6.45) is 6.26. The van der Waals surface area contributed by atoms with Crippen molar-refractivity contribution >= 4 is 11.6 Å². The van der Waals surface area contributed by atoms with Crippen molar-refractivity contribution in [3.63, 3.8) is 0 Å². The minimum Gasteiger partial charge on any atom is -0.326 e. The number of unbranched alkanes of at least 4 members (excludes halogenated alkanes) is 1. The van der Waals surface area contributed by atoms with Crippen LogP contribution in [-0.4, -0.2) is 34.1 Å². The molecule has 4 nitrogen and oxygen atoms in total. The molecule has 1 aromatic heterocycles. The maximum absolute atomic E-state index is 4.39. The molecule has 1 aromatic carbocycles. The fraction of sp³-hybridized carbons (Fsp3) is 0.471. The summed E-state index contributed by atoms with van der Waals surface area (Å²) in [6.45, 7) is 6.62. The summed E-state index contributed by atoms with van der Waals surface area (Å²) in [7, 11) is 2.18. The molecule has 2 aromatic rings. The van der Waals surface area contributed by atoms with Crippen molar-refractivity contribution in [3.05, 3.63) is 42.7 Å². The first-order valence-corrected chi connectivity index (χ1v) is 7.70. The Kier molecular flexibility index (Phi) is 5.81. The van der Waals surface area contributed by atoms with Gasteiger partial charge in [-0.1, -0.05) is 18.2 Å². The molecule has 1 N–H and O–H groups in total. The third-order valence-electron chi connectivity index (χ3n) is 3.79. The highest BCUT2D eigenvalue weighted by atomic mass is 15.2. The van der Waals surface area contributed by atoms with Crippen molar-refractivity contribution in [1.29, 1.82) is 0 Å². The van der Waals surface area contributed by atoms with Crippen LogP contribution < -0.4 is 5.32 Å². The number of nitrogens with one attached hydrogen (secondary N) is 1. The fourth-order valence-electron chi connectivity index (χ4n) is 2.17. The number of benzene rings is 1. The Morgan fingerprint density at radius 3 is 2.67 bits per heavy atom. The Morgan fingerprint density at radius 1 is 1.19 bits per heavy atom. The highest BCUT2D eigenvalue weighted by molar-refractivity contribution is 5.52. The number of hydrogen-bond acceptors (Lipinski definition) is 3. The van der Waals surface area contributed by atoms with E-state index < -0.39 is 0 Å². The van der Waals surface area contributed by atoms with Crippen LogP contribution in [0.1, 0.15) is 26.7 Å². The van der Waals surface area contributed by atoms with E-state index in [-0.39, 0.29) is 0 Å². The molecule has 0 spiro atoms. The first-order valence-electron chi connectivity index (χ1n) is 7.70. The molecule has 4 heteroatoms. The van der Waals surface area contributed by atoms with Gasteiger partial charge in [0.1, 0.15) is 0 Å². The number of hydrogen-bond donors (Lipinski definition) is 1. The van der Waals surface area contributed by atoms with E-state index in [1.165, 1.54) is 6.42 Å². The summed E-state index contributed by atoms with van der Waals surface area (Å²) >= 11 is 0. The van der Waals surface area contributed by atoms with Crippen molar-refractivity contribution < 1.29 is 0 Å². The van der Waals surface area contributed by atoms with Crippen LogP contribution in [0, 0.1) is 0 Å². The van der Waals surface area contributed by atoms with Gasteiger partial charge in [0.25, 0.3) is 0 Å².